The molecule has 1 aliphatic heterocycles. The van der Waals surface area contributed by atoms with E-state index in [1.807, 2.05) is 75.1 Å². The van der Waals surface area contributed by atoms with Gasteiger partial charge in [0.05, 0.1) is 23.5 Å². The molecule has 31 heavy (non-hydrogen) atoms. The molecular weight excluding hydrogens is 392 g/mol. The van der Waals surface area contributed by atoms with E-state index in [4.69, 9.17) is 4.52 Å². The molecule has 2 aromatic carbocycles. The number of nitrogens with zero attached hydrogens (tertiary/aromatic N) is 2. The van der Waals surface area contributed by atoms with Crippen molar-refractivity contribution < 1.29 is 14.1 Å². The second kappa shape index (κ2) is 8.26. The highest BCUT2D eigenvalue weighted by molar-refractivity contribution is 6.06. The van der Waals surface area contributed by atoms with E-state index in [2.05, 4.69) is 15.8 Å². The smallest absolute Gasteiger partial charge is 0.247 e. The maximum absolute atomic E-state index is 13.0. The number of para-hydroxylation sites is 2. The summed E-state index contributed by atoms with van der Waals surface area (Å²) in [6.45, 7) is 8.12. The molecule has 3 aromatic rings. The van der Waals surface area contributed by atoms with Crippen molar-refractivity contribution in [1.82, 2.24) is 5.16 Å². The topological polar surface area (TPSA) is 87.5 Å². The Labute approximate surface area is 181 Å². The normalized spacial score (nSPS) is 15.4. The predicted molar refractivity (Wildman–Crippen MR) is 120 cm³/mol. The molecule has 0 saturated carbocycles. The number of hydrogen-bond acceptors (Lipinski definition) is 5. The summed E-state index contributed by atoms with van der Waals surface area (Å²) in [5.74, 6) is 0.288. The molecule has 7 nitrogen and oxygen atoms in total. The Morgan fingerprint density at radius 2 is 1.94 bits per heavy atom. The van der Waals surface area contributed by atoms with Crippen LogP contribution < -0.4 is 15.5 Å². The monoisotopic (exact) mass is 418 g/mol. The number of carbonyl (C=O) groups is 2. The first-order chi connectivity index (χ1) is 14.8. The number of aromatic nitrogens is 1. The molecule has 0 saturated heterocycles. The van der Waals surface area contributed by atoms with Gasteiger partial charge >= 0.3 is 0 Å². The fraction of sp³-hybridized carbons (Fsp3) is 0.292. The van der Waals surface area contributed by atoms with Crippen LogP contribution in [0.3, 0.4) is 0 Å². The molecule has 0 bridgehead atoms. The van der Waals surface area contributed by atoms with Gasteiger partial charge in [-0.15, -0.1) is 0 Å². The molecule has 2 amide bonds. The lowest BCUT2D eigenvalue weighted by Gasteiger charge is -2.37. The van der Waals surface area contributed by atoms with Crippen LogP contribution in [-0.4, -0.2) is 23.0 Å². The van der Waals surface area contributed by atoms with Crippen molar-refractivity contribution in [2.75, 3.05) is 15.5 Å². The largest absolute Gasteiger partial charge is 0.361 e. The number of amides is 2. The first kappa shape index (κ1) is 20.7. The molecule has 0 radical (unpaired) electrons. The number of nitrogens with one attached hydrogen (secondary N) is 2. The quantitative estimate of drug-likeness (QED) is 0.646. The predicted octanol–water partition coefficient (Wildman–Crippen LogP) is 4.26. The van der Waals surface area contributed by atoms with Gasteiger partial charge in [-0.3, -0.25) is 9.59 Å². The van der Waals surface area contributed by atoms with Gasteiger partial charge in [-0.2, -0.15) is 0 Å². The SMILES string of the molecule is Cc1ccc(NC(=O)CC2C(=O)Nc3ccccc3N2Cc2c(C)noc2C)c(C)c1. The molecule has 4 rings (SSSR count). The molecule has 2 heterocycles. The summed E-state index contributed by atoms with van der Waals surface area (Å²) in [4.78, 5) is 27.9. The van der Waals surface area contributed by atoms with Crippen molar-refractivity contribution in [2.45, 2.75) is 46.7 Å². The molecule has 1 atom stereocenters. The van der Waals surface area contributed by atoms with Crippen LogP contribution in [0.5, 0.6) is 0 Å². The van der Waals surface area contributed by atoms with Crippen LogP contribution in [0, 0.1) is 27.7 Å². The second-order valence-corrected chi connectivity index (χ2v) is 8.02. The van der Waals surface area contributed by atoms with Gasteiger partial charge in [-0.1, -0.05) is 35.0 Å². The minimum Gasteiger partial charge on any atom is -0.361 e. The van der Waals surface area contributed by atoms with E-state index in [1.54, 1.807) is 0 Å². The van der Waals surface area contributed by atoms with E-state index in [0.717, 1.165) is 39.4 Å². The van der Waals surface area contributed by atoms with Crippen LogP contribution in [0.4, 0.5) is 17.1 Å². The highest BCUT2D eigenvalue weighted by Gasteiger charge is 2.35. The lowest BCUT2D eigenvalue weighted by Crippen LogP contribution is -2.49. The molecular formula is C24H26N4O3. The van der Waals surface area contributed by atoms with Crippen molar-refractivity contribution in [1.29, 1.82) is 0 Å². The molecule has 160 valence electrons. The number of aryl methyl sites for hydroxylation is 4. The number of benzene rings is 2. The minimum absolute atomic E-state index is 0.0247. The van der Waals surface area contributed by atoms with Crippen LogP contribution in [0.2, 0.25) is 0 Å². The van der Waals surface area contributed by atoms with Crippen LogP contribution in [0.1, 0.15) is 34.6 Å². The number of rotatable bonds is 5. The van der Waals surface area contributed by atoms with Gasteiger partial charge in [-0.25, -0.2) is 0 Å². The van der Waals surface area contributed by atoms with Gasteiger partial charge in [0.25, 0.3) is 0 Å². The lowest BCUT2D eigenvalue weighted by atomic mass is 10.0. The van der Waals surface area contributed by atoms with Gasteiger partial charge in [0.1, 0.15) is 11.8 Å². The fourth-order valence-electron chi connectivity index (χ4n) is 3.98. The maximum Gasteiger partial charge on any atom is 0.247 e. The Kier molecular flexibility index (Phi) is 5.50. The summed E-state index contributed by atoms with van der Waals surface area (Å²) in [6.07, 6.45) is 0.0247. The third-order valence-electron chi connectivity index (χ3n) is 5.69. The van der Waals surface area contributed by atoms with E-state index in [1.165, 1.54) is 0 Å². The molecule has 1 unspecified atom stereocenters. The van der Waals surface area contributed by atoms with Crippen LogP contribution in [0.25, 0.3) is 0 Å². The molecule has 1 aromatic heterocycles. The average molecular weight is 418 g/mol. The number of carbonyl (C=O) groups excluding carboxylic acids is 2. The molecule has 2 N–H and O–H groups in total. The van der Waals surface area contributed by atoms with Gasteiger partial charge in [0.15, 0.2) is 0 Å². The highest BCUT2D eigenvalue weighted by atomic mass is 16.5. The third-order valence-corrected chi connectivity index (χ3v) is 5.69. The van der Waals surface area contributed by atoms with E-state index in [9.17, 15) is 9.59 Å². The van der Waals surface area contributed by atoms with E-state index in [-0.39, 0.29) is 18.2 Å². The molecule has 7 heteroatoms. The summed E-state index contributed by atoms with van der Waals surface area (Å²) in [6, 6.07) is 12.8. The number of fused-ring (bicyclic) bond motifs is 1. The first-order valence-electron chi connectivity index (χ1n) is 10.3. The zero-order valence-corrected chi connectivity index (χ0v) is 18.2. The van der Waals surface area contributed by atoms with Crippen molar-refractivity contribution in [3.05, 3.63) is 70.6 Å². The first-order valence-corrected chi connectivity index (χ1v) is 10.3. The van der Waals surface area contributed by atoms with E-state index >= 15 is 0 Å². The Morgan fingerprint density at radius 1 is 1.16 bits per heavy atom. The van der Waals surface area contributed by atoms with Crippen molar-refractivity contribution in [3.63, 3.8) is 0 Å². The standard InChI is InChI=1S/C24H26N4O3/c1-14-9-10-19(15(2)11-14)25-23(29)12-22-24(30)26-20-7-5-6-8-21(20)28(22)13-18-16(3)27-31-17(18)4/h5-11,22H,12-13H2,1-4H3,(H,25,29)(H,26,30). The van der Waals surface area contributed by atoms with Gasteiger partial charge in [0.2, 0.25) is 11.8 Å². The van der Waals surface area contributed by atoms with E-state index < -0.39 is 6.04 Å². The Hall–Kier alpha value is -3.61. The Morgan fingerprint density at radius 3 is 2.65 bits per heavy atom. The zero-order chi connectivity index (χ0) is 22.1. The van der Waals surface area contributed by atoms with Gasteiger partial charge < -0.3 is 20.1 Å². The molecule has 0 aliphatic carbocycles. The van der Waals surface area contributed by atoms with Crippen LogP contribution in [0.15, 0.2) is 47.0 Å². The number of anilines is 3. The van der Waals surface area contributed by atoms with Crippen LogP contribution in [-0.2, 0) is 16.1 Å². The van der Waals surface area contributed by atoms with Crippen molar-refractivity contribution in [2.24, 2.45) is 0 Å². The maximum atomic E-state index is 13.0. The second-order valence-electron chi connectivity index (χ2n) is 8.02. The average Bonchev–Trinajstić information content (AvgIpc) is 3.04. The van der Waals surface area contributed by atoms with Crippen molar-refractivity contribution >= 4 is 28.9 Å². The summed E-state index contributed by atoms with van der Waals surface area (Å²) < 4.78 is 5.31. The van der Waals surface area contributed by atoms with Gasteiger partial charge in [-0.05, 0) is 51.5 Å². The fourth-order valence-corrected chi connectivity index (χ4v) is 3.98. The van der Waals surface area contributed by atoms with Gasteiger partial charge in [0, 0.05) is 17.8 Å². The summed E-state index contributed by atoms with van der Waals surface area (Å²) in [7, 11) is 0. The minimum atomic E-state index is -0.658. The zero-order valence-electron chi connectivity index (χ0n) is 18.2. The summed E-state index contributed by atoms with van der Waals surface area (Å²) in [5.41, 5.74) is 6.16. The molecule has 0 fully saturated rings. The third kappa shape index (κ3) is 4.17. The number of hydrogen-bond donors (Lipinski definition) is 2. The Balaban J connectivity index is 1.62. The van der Waals surface area contributed by atoms with Crippen LogP contribution >= 0.6 is 0 Å². The van der Waals surface area contributed by atoms with Crippen molar-refractivity contribution in [3.8, 4) is 0 Å². The lowest BCUT2D eigenvalue weighted by molar-refractivity contribution is -0.122. The van der Waals surface area contributed by atoms with E-state index in [0.29, 0.717) is 12.3 Å². The molecule has 0 spiro atoms. The summed E-state index contributed by atoms with van der Waals surface area (Å²) >= 11 is 0. The molecule has 1 aliphatic rings. The highest BCUT2D eigenvalue weighted by Crippen LogP contribution is 2.35. The summed E-state index contributed by atoms with van der Waals surface area (Å²) in [5, 5.41) is 9.93. The Bertz CT molecular complexity index is 1130.